The van der Waals surface area contributed by atoms with E-state index in [0.717, 1.165) is 19.8 Å². The van der Waals surface area contributed by atoms with Crippen molar-refractivity contribution in [2.75, 3.05) is 6.61 Å². The van der Waals surface area contributed by atoms with Gasteiger partial charge in [-0.25, -0.2) is 0 Å². The van der Waals surface area contributed by atoms with E-state index >= 15 is 0 Å². The van der Waals surface area contributed by atoms with Gasteiger partial charge in [-0.3, -0.25) is 4.79 Å². The largest absolute Gasteiger partial charge is 0.450 e. The Bertz CT molecular complexity index is 492. The molecule has 2 rings (SSSR count). The number of hydrogen-bond acceptors (Lipinski definition) is 5. The third kappa shape index (κ3) is 2.84. The van der Waals surface area contributed by atoms with Crippen molar-refractivity contribution in [2.24, 2.45) is 0 Å². The minimum atomic E-state index is -4.92. The molecular formula is C12H15F3N2O3. The second-order valence-electron chi connectivity index (χ2n) is 5.08. The number of ketones is 1. The zero-order valence-corrected chi connectivity index (χ0v) is 11.2. The molecule has 1 saturated heterocycles. The standard InChI is InChI=1S/C12H15F3N2O3/c1-7(8(18)12(13,14)15)9-16-10(17-20-9)11(2)5-3-4-6-19-11/h7H,3-6H2,1-2H3. The lowest BCUT2D eigenvalue weighted by atomic mass is 9.95. The molecule has 0 spiro atoms. The number of carbonyl (C=O) groups is 1. The lowest BCUT2D eigenvalue weighted by molar-refractivity contribution is -0.172. The van der Waals surface area contributed by atoms with Crippen LogP contribution in [0, 0.1) is 0 Å². The smallest absolute Gasteiger partial charge is 0.367 e. The van der Waals surface area contributed by atoms with Gasteiger partial charge in [0.2, 0.25) is 17.5 Å². The van der Waals surface area contributed by atoms with Crippen molar-refractivity contribution >= 4 is 5.78 Å². The average molecular weight is 292 g/mol. The van der Waals surface area contributed by atoms with Gasteiger partial charge in [-0.15, -0.1) is 0 Å². The number of nitrogens with zero attached hydrogens (tertiary/aromatic N) is 2. The quantitative estimate of drug-likeness (QED) is 0.857. The van der Waals surface area contributed by atoms with Crippen molar-refractivity contribution in [3.8, 4) is 0 Å². The highest BCUT2D eigenvalue weighted by Gasteiger charge is 2.44. The van der Waals surface area contributed by atoms with E-state index in [-0.39, 0.29) is 11.7 Å². The van der Waals surface area contributed by atoms with Crippen LogP contribution in [-0.4, -0.2) is 28.7 Å². The normalized spacial score (nSPS) is 25.4. The third-order valence-electron chi connectivity index (χ3n) is 3.43. The number of halogens is 3. The van der Waals surface area contributed by atoms with Crippen molar-refractivity contribution in [3.05, 3.63) is 11.7 Å². The fourth-order valence-corrected chi connectivity index (χ4v) is 2.09. The van der Waals surface area contributed by atoms with Gasteiger partial charge in [0.25, 0.3) is 0 Å². The van der Waals surface area contributed by atoms with Crippen LogP contribution in [0.5, 0.6) is 0 Å². The van der Waals surface area contributed by atoms with Crippen LogP contribution in [0.1, 0.15) is 50.7 Å². The summed E-state index contributed by atoms with van der Waals surface area (Å²) < 4.78 is 47.5. The molecular weight excluding hydrogens is 277 g/mol. The topological polar surface area (TPSA) is 65.2 Å². The van der Waals surface area contributed by atoms with Crippen molar-refractivity contribution in [1.82, 2.24) is 10.1 Å². The molecule has 0 N–H and O–H groups in total. The summed E-state index contributed by atoms with van der Waals surface area (Å²) in [5.74, 6) is -3.56. The molecule has 2 heterocycles. The summed E-state index contributed by atoms with van der Waals surface area (Å²) >= 11 is 0. The van der Waals surface area contributed by atoms with E-state index in [1.165, 1.54) is 0 Å². The van der Waals surface area contributed by atoms with Gasteiger partial charge in [-0.05, 0) is 33.1 Å². The van der Waals surface area contributed by atoms with Crippen LogP contribution in [-0.2, 0) is 15.1 Å². The Morgan fingerprint density at radius 1 is 1.40 bits per heavy atom. The molecule has 0 amide bonds. The minimum absolute atomic E-state index is 0.189. The number of Topliss-reactive ketones (excluding diaryl/α,β-unsaturated/α-hetero) is 1. The Morgan fingerprint density at radius 3 is 2.65 bits per heavy atom. The first kappa shape index (κ1) is 15.0. The zero-order valence-electron chi connectivity index (χ0n) is 11.2. The van der Waals surface area contributed by atoms with Crippen LogP contribution >= 0.6 is 0 Å². The molecule has 1 aliphatic rings. The van der Waals surface area contributed by atoms with E-state index in [0.29, 0.717) is 13.0 Å². The van der Waals surface area contributed by atoms with Crippen molar-refractivity contribution < 1.29 is 27.2 Å². The SMILES string of the molecule is CC(C(=O)C(F)(F)F)c1nc(C2(C)CCCCO2)no1. The monoisotopic (exact) mass is 292 g/mol. The molecule has 20 heavy (non-hydrogen) atoms. The van der Waals surface area contributed by atoms with Gasteiger partial charge >= 0.3 is 6.18 Å². The van der Waals surface area contributed by atoms with Crippen LogP contribution in [0.25, 0.3) is 0 Å². The Hall–Kier alpha value is -1.44. The highest BCUT2D eigenvalue weighted by Crippen LogP contribution is 2.34. The number of ether oxygens (including phenoxy) is 1. The molecule has 2 unspecified atom stereocenters. The highest BCUT2D eigenvalue weighted by molar-refractivity contribution is 5.89. The summed E-state index contributed by atoms with van der Waals surface area (Å²) in [6.45, 7) is 3.39. The van der Waals surface area contributed by atoms with Crippen molar-refractivity contribution in [2.45, 2.75) is 50.8 Å². The number of aromatic nitrogens is 2. The lowest BCUT2D eigenvalue weighted by Gasteiger charge is -2.30. The van der Waals surface area contributed by atoms with E-state index in [1.807, 2.05) is 0 Å². The van der Waals surface area contributed by atoms with Gasteiger partial charge in [0.15, 0.2) is 0 Å². The summed E-state index contributed by atoms with van der Waals surface area (Å²) in [5, 5.41) is 3.67. The number of carbonyl (C=O) groups excluding carboxylic acids is 1. The van der Waals surface area contributed by atoms with Crippen molar-refractivity contribution in [3.63, 3.8) is 0 Å². The summed E-state index contributed by atoms with van der Waals surface area (Å²) in [4.78, 5) is 15.1. The molecule has 0 radical (unpaired) electrons. The Labute approximate surface area is 113 Å². The second kappa shape index (κ2) is 5.16. The number of hydrogen-bond donors (Lipinski definition) is 0. The molecule has 5 nitrogen and oxygen atoms in total. The third-order valence-corrected chi connectivity index (χ3v) is 3.43. The van der Waals surface area contributed by atoms with Crippen LogP contribution in [0.2, 0.25) is 0 Å². The van der Waals surface area contributed by atoms with E-state index < -0.39 is 23.5 Å². The Kier molecular flexibility index (Phi) is 3.86. The first-order valence-electron chi connectivity index (χ1n) is 6.33. The summed E-state index contributed by atoms with van der Waals surface area (Å²) in [6.07, 6.45) is -2.42. The zero-order chi connectivity index (χ0) is 15.0. The predicted molar refractivity (Wildman–Crippen MR) is 60.9 cm³/mol. The molecule has 2 atom stereocenters. The maximum atomic E-state index is 12.4. The molecule has 0 aromatic carbocycles. The van der Waals surface area contributed by atoms with Gasteiger partial charge in [0.05, 0.1) is 0 Å². The average Bonchev–Trinajstić information content (AvgIpc) is 2.87. The van der Waals surface area contributed by atoms with Gasteiger partial charge in [-0.1, -0.05) is 5.16 Å². The molecule has 0 bridgehead atoms. The summed E-state index contributed by atoms with van der Waals surface area (Å²) in [7, 11) is 0. The highest BCUT2D eigenvalue weighted by atomic mass is 19.4. The molecule has 112 valence electrons. The van der Waals surface area contributed by atoms with Crippen LogP contribution in [0.15, 0.2) is 4.52 Å². The lowest BCUT2D eigenvalue weighted by Crippen LogP contribution is -2.31. The van der Waals surface area contributed by atoms with E-state index in [4.69, 9.17) is 9.26 Å². The fourth-order valence-electron chi connectivity index (χ4n) is 2.09. The van der Waals surface area contributed by atoms with Crippen LogP contribution in [0.4, 0.5) is 13.2 Å². The maximum absolute atomic E-state index is 12.4. The fraction of sp³-hybridized carbons (Fsp3) is 0.750. The second-order valence-corrected chi connectivity index (χ2v) is 5.08. The Balaban J connectivity index is 2.18. The maximum Gasteiger partial charge on any atom is 0.450 e. The summed E-state index contributed by atoms with van der Waals surface area (Å²) in [5.41, 5.74) is -0.763. The molecule has 1 aromatic rings. The first-order chi connectivity index (χ1) is 9.24. The minimum Gasteiger partial charge on any atom is -0.367 e. The van der Waals surface area contributed by atoms with E-state index in [9.17, 15) is 18.0 Å². The molecule has 8 heteroatoms. The molecule has 0 saturated carbocycles. The predicted octanol–water partition coefficient (Wildman–Crippen LogP) is 2.72. The Morgan fingerprint density at radius 2 is 2.10 bits per heavy atom. The van der Waals surface area contributed by atoms with Gasteiger partial charge in [0, 0.05) is 6.61 Å². The number of rotatable bonds is 3. The molecule has 1 aliphatic heterocycles. The van der Waals surface area contributed by atoms with Crippen molar-refractivity contribution in [1.29, 1.82) is 0 Å². The molecule has 1 aromatic heterocycles. The summed E-state index contributed by atoms with van der Waals surface area (Å²) in [6, 6.07) is 0. The first-order valence-corrected chi connectivity index (χ1v) is 6.33. The molecule has 0 aliphatic carbocycles. The van der Waals surface area contributed by atoms with Gasteiger partial charge in [-0.2, -0.15) is 18.2 Å². The van der Waals surface area contributed by atoms with Gasteiger partial charge in [0.1, 0.15) is 11.5 Å². The molecule has 1 fully saturated rings. The van der Waals surface area contributed by atoms with E-state index in [1.54, 1.807) is 6.92 Å². The van der Waals surface area contributed by atoms with Gasteiger partial charge < -0.3 is 9.26 Å². The number of alkyl halides is 3. The van der Waals surface area contributed by atoms with E-state index in [2.05, 4.69) is 10.1 Å². The van der Waals surface area contributed by atoms with Crippen LogP contribution in [0.3, 0.4) is 0 Å². The van der Waals surface area contributed by atoms with Crippen LogP contribution < -0.4 is 0 Å².